The molecule has 3 rings (SSSR count). The van der Waals surface area contributed by atoms with E-state index in [-0.39, 0.29) is 12.6 Å². The summed E-state index contributed by atoms with van der Waals surface area (Å²) in [6.07, 6.45) is 0. The van der Waals surface area contributed by atoms with Crippen molar-refractivity contribution in [2.45, 2.75) is 6.61 Å². The molecule has 0 saturated heterocycles. The predicted molar refractivity (Wildman–Crippen MR) is 98.2 cm³/mol. The van der Waals surface area contributed by atoms with E-state index < -0.39 is 5.91 Å². The third kappa shape index (κ3) is 3.89. The first-order valence-corrected chi connectivity index (χ1v) is 8.61. The van der Waals surface area contributed by atoms with Gasteiger partial charge in [0.05, 0.1) is 23.9 Å². The number of hydrogen-bond donors (Lipinski definition) is 1. The smallest absolute Gasteiger partial charge is 0.337 e. The highest BCUT2D eigenvalue weighted by molar-refractivity contribution is 7.13. The molecule has 0 aliphatic heterocycles. The van der Waals surface area contributed by atoms with Crippen LogP contribution in [0.5, 0.6) is 5.75 Å². The minimum absolute atomic E-state index is 0.223. The van der Waals surface area contributed by atoms with Gasteiger partial charge in [-0.3, -0.25) is 4.79 Å². The number of esters is 1. The maximum absolute atomic E-state index is 11.5. The van der Waals surface area contributed by atoms with Gasteiger partial charge in [-0.15, -0.1) is 11.3 Å². The Morgan fingerprint density at radius 2 is 1.85 bits per heavy atom. The lowest BCUT2D eigenvalue weighted by Gasteiger charge is -2.07. The molecule has 1 amide bonds. The number of ether oxygens (including phenoxy) is 2. The van der Waals surface area contributed by atoms with E-state index in [1.165, 1.54) is 18.4 Å². The van der Waals surface area contributed by atoms with Gasteiger partial charge in [0.2, 0.25) is 0 Å². The Labute approximate surface area is 154 Å². The Morgan fingerprint density at radius 1 is 1.12 bits per heavy atom. The molecule has 0 fully saturated rings. The molecule has 0 atom stereocenters. The molecule has 26 heavy (non-hydrogen) atoms. The van der Waals surface area contributed by atoms with Gasteiger partial charge in [-0.25, -0.2) is 9.78 Å². The summed E-state index contributed by atoms with van der Waals surface area (Å²) in [6, 6.07) is 13.8. The highest BCUT2D eigenvalue weighted by Gasteiger charge is 2.11. The fourth-order valence-corrected chi connectivity index (χ4v) is 3.13. The highest BCUT2D eigenvalue weighted by atomic mass is 32.1. The van der Waals surface area contributed by atoms with Crippen molar-refractivity contribution in [2.75, 3.05) is 7.11 Å². The Bertz CT molecular complexity index is 935. The summed E-state index contributed by atoms with van der Waals surface area (Å²) in [7, 11) is 1.35. The summed E-state index contributed by atoms with van der Waals surface area (Å²) < 4.78 is 10.4. The van der Waals surface area contributed by atoms with Crippen molar-refractivity contribution in [3.05, 3.63) is 70.7 Å². The van der Waals surface area contributed by atoms with Crippen LogP contribution < -0.4 is 10.5 Å². The van der Waals surface area contributed by atoms with Crippen molar-refractivity contribution in [2.24, 2.45) is 5.73 Å². The van der Waals surface area contributed by atoms with Crippen LogP contribution in [0.2, 0.25) is 0 Å². The molecule has 1 aromatic heterocycles. The van der Waals surface area contributed by atoms with E-state index in [1.54, 1.807) is 36.4 Å². The second-order valence-corrected chi connectivity index (χ2v) is 6.22. The zero-order chi connectivity index (χ0) is 18.5. The first-order chi connectivity index (χ1) is 12.6. The Morgan fingerprint density at radius 3 is 2.54 bits per heavy atom. The van der Waals surface area contributed by atoms with Crippen molar-refractivity contribution < 1.29 is 19.1 Å². The van der Waals surface area contributed by atoms with Crippen LogP contribution in [0.3, 0.4) is 0 Å². The normalized spacial score (nSPS) is 10.3. The zero-order valence-corrected chi connectivity index (χ0v) is 14.8. The van der Waals surface area contributed by atoms with E-state index in [2.05, 4.69) is 9.72 Å². The summed E-state index contributed by atoms with van der Waals surface area (Å²) in [5.74, 6) is -0.486. The first-order valence-electron chi connectivity index (χ1n) is 7.73. The van der Waals surface area contributed by atoms with E-state index in [9.17, 15) is 9.59 Å². The number of benzene rings is 2. The topological polar surface area (TPSA) is 91.5 Å². The van der Waals surface area contributed by atoms with Crippen LogP contribution in [0.25, 0.3) is 10.6 Å². The predicted octanol–water partition coefficient (Wildman–Crippen LogP) is 3.27. The van der Waals surface area contributed by atoms with Crippen LogP contribution in [0.4, 0.5) is 0 Å². The molecule has 1 heterocycles. The summed E-state index contributed by atoms with van der Waals surface area (Å²) in [6.45, 7) is 0.223. The number of carbonyl (C=O) groups excluding carboxylic acids is 2. The molecule has 0 saturated carbocycles. The lowest BCUT2D eigenvalue weighted by molar-refractivity contribution is 0.0600. The fraction of sp³-hybridized carbons (Fsp3) is 0.105. The second-order valence-electron chi connectivity index (χ2n) is 5.36. The highest BCUT2D eigenvalue weighted by Crippen LogP contribution is 2.25. The van der Waals surface area contributed by atoms with Crippen LogP contribution >= 0.6 is 11.3 Å². The summed E-state index contributed by atoms with van der Waals surface area (Å²) >= 11 is 1.47. The van der Waals surface area contributed by atoms with Crippen LogP contribution in [-0.2, 0) is 11.3 Å². The molecule has 2 N–H and O–H groups in total. The zero-order valence-electron chi connectivity index (χ0n) is 14.0. The molecule has 2 aromatic carbocycles. The number of thiazole rings is 1. The number of primary amides is 1. The lowest BCUT2D eigenvalue weighted by atomic mass is 10.1. The SMILES string of the molecule is COC(=O)c1ccc(-c2nc(COc3ccccc3C(N)=O)cs2)cc1. The monoisotopic (exact) mass is 368 g/mol. The maximum Gasteiger partial charge on any atom is 0.337 e. The quantitative estimate of drug-likeness (QED) is 0.674. The molecule has 0 aliphatic carbocycles. The van der Waals surface area contributed by atoms with Gasteiger partial charge in [-0.05, 0) is 24.3 Å². The largest absolute Gasteiger partial charge is 0.486 e. The summed E-state index contributed by atoms with van der Waals surface area (Å²) in [5, 5.41) is 2.69. The van der Waals surface area contributed by atoms with Crippen molar-refractivity contribution in [3.63, 3.8) is 0 Å². The van der Waals surface area contributed by atoms with Crippen LogP contribution in [0.1, 0.15) is 26.4 Å². The maximum atomic E-state index is 11.5. The van der Waals surface area contributed by atoms with Gasteiger partial charge in [0, 0.05) is 10.9 Å². The van der Waals surface area contributed by atoms with Crippen molar-refractivity contribution in [1.29, 1.82) is 0 Å². The molecule has 7 heteroatoms. The standard InChI is InChI=1S/C19H16N2O4S/c1-24-19(23)13-8-6-12(7-9-13)18-21-14(11-26-18)10-25-16-5-3-2-4-15(16)17(20)22/h2-9,11H,10H2,1H3,(H2,20,22). The number of carbonyl (C=O) groups is 2. The second kappa shape index (κ2) is 7.79. The first kappa shape index (κ1) is 17.6. The number of amides is 1. The van der Waals surface area contributed by atoms with Gasteiger partial charge < -0.3 is 15.2 Å². The van der Waals surface area contributed by atoms with E-state index in [4.69, 9.17) is 10.5 Å². The molecule has 0 bridgehead atoms. The average Bonchev–Trinajstić information content (AvgIpc) is 3.15. The van der Waals surface area contributed by atoms with Gasteiger partial charge >= 0.3 is 5.97 Å². The van der Waals surface area contributed by atoms with Crippen molar-refractivity contribution >= 4 is 23.2 Å². The number of nitrogens with zero attached hydrogens (tertiary/aromatic N) is 1. The van der Waals surface area contributed by atoms with E-state index in [0.717, 1.165) is 16.3 Å². The van der Waals surface area contributed by atoms with E-state index in [1.807, 2.05) is 17.5 Å². The number of methoxy groups -OCH3 is 1. The van der Waals surface area contributed by atoms with Crippen LogP contribution in [-0.4, -0.2) is 24.0 Å². The third-order valence-electron chi connectivity index (χ3n) is 3.63. The van der Waals surface area contributed by atoms with Crippen molar-refractivity contribution in [1.82, 2.24) is 4.98 Å². The van der Waals surface area contributed by atoms with Gasteiger partial charge in [0.15, 0.2) is 0 Å². The number of aromatic nitrogens is 1. The number of rotatable bonds is 6. The summed E-state index contributed by atoms with van der Waals surface area (Å²) in [5.41, 5.74) is 7.79. The van der Waals surface area contributed by atoms with Crippen molar-refractivity contribution in [3.8, 4) is 16.3 Å². The molecule has 0 radical (unpaired) electrons. The van der Waals surface area contributed by atoms with Gasteiger partial charge in [0.1, 0.15) is 17.4 Å². The fourth-order valence-electron chi connectivity index (χ4n) is 2.32. The Balaban J connectivity index is 1.71. The average molecular weight is 368 g/mol. The molecule has 3 aromatic rings. The molecule has 132 valence electrons. The molecule has 0 spiro atoms. The molecule has 0 unspecified atom stereocenters. The molecular formula is C19H16N2O4S. The lowest BCUT2D eigenvalue weighted by Crippen LogP contribution is -2.12. The van der Waals surface area contributed by atoms with E-state index >= 15 is 0 Å². The van der Waals surface area contributed by atoms with Gasteiger partial charge in [-0.1, -0.05) is 24.3 Å². The van der Waals surface area contributed by atoms with Gasteiger partial charge in [-0.2, -0.15) is 0 Å². The summed E-state index contributed by atoms with van der Waals surface area (Å²) in [4.78, 5) is 27.4. The minimum atomic E-state index is -0.537. The molecule has 6 nitrogen and oxygen atoms in total. The Kier molecular flexibility index (Phi) is 5.28. The number of nitrogens with two attached hydrogens (primary N) is 1. The van der Waals surface area contributed by atoms with Crippen LogP contribution in [0.15, 0.2) is 53.9 Å². The number of para-hydroxylation sites is 1. The molecular weight excluding hydrogens is 352 g/mol. The number of hydrogen-bond acceptors (Lipinski definition) is 6. The van der Waals surface area contributed by atoms with Gasteiger partial charge in [0.25, 0.3) is 5.91 Å². The third-order valence-corrected chi connectivity index (χ3v) is 4.57. The Hall–Kier alpha value is -3.19. The minimum Gasteiger partial charge on any atom is -0.486 e. The van der Waals surface area contributed by atoms with E-state index in [0.29, 0.717) is 16.9 Å². The molecule has 0 aliphatic rings. The van der Waals surface area contributed by atoms with Crippen LogP contribution in [0, 0.1) is 0 Å².